The van der Waals surface area contributed by atoms with Crippen LogP contribution < -0.4 is 4.90 Å². The first kappa shape index (κ1) is 18.6. The molecule has 1 amide bonds. The minimum atomic E-state index is -0.0578. The summed E-state index contributed by atoms with van der Waals surface area (Å²) >= 11 is 0. The third-order valence-electron chi connectivity index (χ3n) is 5.76. The number of aryl methyl sites for hydroxylation is 5. The minimum Gasteiger partial charge on any atom is -0.466 e. The van der Waals surface area contributed by atoms with Crippen molar-refractivity contribution in [1.82, 2.24) is 10.1 Å². The molecule has 152 valence electrons. The number of furan rings is 1. The number of carbonyl (C=O) groups is 1. The van der Waals surface area contributed by atoms with Crippen molar-refractivity contribution in [2.75, 3.05) is 11.4 Å². The molecule has 4 aromatic rings. The predicted octanol–water partition coefficient (Wildman–Crippen LogP) is 5.31. The van der Waals surface area contributed by atoms with Crippen LogP contribution in [0, 0.1) is 27.7 Å². The second-order valence-corrected chi connectivity index (χ2v) is 8.02. The summed E-state index contributed by atoms with van der Waals surface area (Å²) < 4.78 is 11.1. The lowest BCUT2D eigenvalue weighted by atomic mass is 9.98. The predicted molar refractivity (Wildman–Crippen MR) is 115 cm³/mol. The van der Waals surface area contributed by atoms with Gasteiger partial charge in [0.2, 0.25) is 0 Å². The van der Waals surface area contributed by atoms with Crippen LogP contribution in [-0.4, -0.2) is 22.6 Å². The first-order valence-corrected chi connectivity index (χ1v) is 10.2. The SMILES string of the molecule is Cc1ccc2c(c1)CCCN2C(=O)c1cc(-c2cc(C)oc2C)nc2onc(C)c12. The molecule has 0 saturated carbocycles. The van der Waals surface area contributed by atoms with Crippen LogP contribution in [-0.2, 0) is 6.42 Å². The van der Waals surface area contributed by atoms with Gasteiger partial charge in [-0.2, -0.15) is 0 Å². The summed E-state index contributed by atoms with van der Waals surface area (Å²) in [7, 11) is 0. The standard InChI is InChI=1S/C24H23N3O3/c1-13-7-8-21-17(10-13)6-5-9-27(21)24(28)19-12-20(18-11-14(2)29-16(18)4)25-23-22(19)15(3)26-30-23/h7-8,10-12H,5-6,9H2,1-4H3. The highest BCUT2D eigenvalue weighted by molar-refractivity contribution is 6.14. The second-order valence-electron chi connectivity index (χ2n) is 8.02. The van der Waals surface area contributed by atoms with Crippen molar-refractivity contribution < 1.29 is 13.7 Å². The van der Waals surface area contributed by atoms with Gasteiger partial charge < -0.3 is 13.8 Å². The van der Waals surface area contributed by atoms with Crippen LogP contribution in [0.3, 0.4) is 0 Å². The fraction of sp³-hybridized carbons (Fsp3) is 0.292. The first-order valence-electron chi connectivity index (χ1n) is 10.2. The third-order valence-corrected chi connectivity index (χ3v) is 5.76. The number of aromatic nitrogens is 2. The summed E-state index contributed by atoms with van der Waals surface area (Å²) in [4.78, 5) is 20.3. The summed E-state index contributed by atoms with van der Waals surface area (Å²) in [5, 5.41) is 4.74. The number of nitrogens with zero attached hydrogens (tertiary/aromatic N) is 3. The lowest BCUT2D eigenvalue weighted by molar-refractivity contribution is 0.0986. The average molecular weight is 401 g/mol. The molecule has 0 fully saturated rings. The molecular formula is C24H23N3O3. The van der Waals surface area contributed by atoms with Crippen LogP contribution in [0.2, 0.25) is 0 Å². The molecular weight excluding hydrogens is 378 g/mol. The van der Waals surface area contributed by atoms with E-state index in [2.05, 4.69) is 29.2 Å². The molecule has 0 atom stereocenters. The summed E-state index contributed by atoms with van der Waals surface area (Å²) in [5.74, 6) is 1.50. The summed E-state index contributed by atoms with van der Waals surface area (Å²) in [6.07, 6.45) is 1.92. The Balaban J connectivity index is 1.68. The Bertz CT molecular complexity index is 1300. The van der Waals surface area contributed by atoms with Gasteiger partial charge in [-0.15, -0.1) is 0 Å². The second kappa shape index (κ2) is 6.83. The topological polar surface area (TPSA) is 72.4 Å². The molecule has 0 unspecified atom stereocenters. The number of amides is 1. The smallest absolute Gasteiger partial charge is 0.259 e. The quantitative estimate of drug-likeness (QED) is 0.455. The number of carbonyl (C=O) groups excluding carboxylic acids is 1. The lowest BCUT2D eigenvalue weighted by Gasteiger charge is -2.30. The van der Waals surface area contributed by atoms with Crippen molar-refractivity contribution in [2.45, 2.75) is 40.5 Å². The van der Waals surface area contributed by atoms with Crippen molar-refractivity contribution >= 4 is 22.7 Å². The van der Waals surface area contributed by atoms with Gasteiger partial charge in [0.1, 0.15) is 11.5 Å². The maximum atomic E-state index is 13.8. The molecule has 0 saturated heterocycles. The van der Waals surface area contributed by atoms with Crippen LogP contribution in [0.15, 0.2) is 39.3 Å². The van der Waals surface area contributed by atoms with Gasteiger partial charge in [-0.3, -0.25) is 4.79 Å². The monoisotopic (exact) mass is 401 g/mol. The van der Waals surface area contributed by atoms with Gasteiger partial charge in [-0.1, -0.05) is 22.9 Å². The fourth-order valence-corrected chi connectivity index (χ4v) is 4.37. The Kier molecular flexibility index (Phi) is 4.24. The highest BCUT2D eigenvalue weighted by atomic mass is 16.5. The molecule has 1 aliphatic rings. The number of hydrogen-bond acceptors (Lipinski definition) is 5. The lowest BCUT2D eigenvalue weighted by Crippen LogP contribution is -2.35. The van der Waals surface area contributed by atoms with Gasteiger partial charge in [0.05, 0.1) is 22.3 Å². The van der Waals surface area contributed by atoms with Crippen molar-refractivity contribution in [1.29, 1.82) is 0 Å². The number of anilines is 1. The molecule has 6 heteroatoms. The third kappa shape index (κ3) is 2.91. The molecule has 1 aliphatic heterocycles. The van der Waals surface area contributed by atoms with Gasteiger partial charge >= 0.3 is 0 Å². The van der Waals surface area contributed by atoms with Crippen LogP contribution in [0.25, 0.3) is 22.4 Å². The maximum Gasteiger partial charge on any atom is 0.259 e. The largest absolute Gasteiger partial charge is 0.466 e. The fourth-order valence-electron chi connectivity index (χ4n) is 4.37. The number of pyridine rings is 1. The van der Waals surface area contributed by atoms with Gasteiger partial charge in [0.15, 0.2) is 0 Å². The molecule has 6 nitrogen and oxygen atoms in total. The molecule has 30 heavy (non-hydrogen) atoms. The maximum absolute atomic E-state index is 13.8. The minimum absolute atomic E-state index is 0.0578. The Morgan fingerprint density at radius 2 is 1.93 bits per heavy atom. The zero-order valence-corrected chi connectivity index (χ0v) is 17.6. The van der Waals surface area contributed by atoms with E-state index in [4.69, 9.17) is 8.94 Å². The van der Waals surface area contributed by atoms with Crippen molar-refractivity contribution in [3.05, 3.63) is 64.2 Å². The van der Waals surface area contributed by atoms with Gasteiger partial charge in [0, 0.05) is 17.8 Å². The van der Waals surface area contributed by atoms with Crippen LogP contribution >= 0.6 is 0 Å². The Hall–Kier alpha value is -3.41. The van der Waals surface area contributed by atoms with Gasteiger partial charge in [-0.25, -0.2) is 4.98 Å². The molecule has 0 radical (unpaired) electrons. The van der Waals surface area contributed by atoms with Crippen LogP contribution in [0.4, 0.5) is 5.69 Å². The number of hydrogen-bond donors (Lipinski definition) is 0. The number of rotatable bonds is 2. The van der Waals surface area contributed by atoms with Crippen LogP contribution in [0.5, 0.6) is 0 Å². The summed E-state index contributed by atoms with van der Waals surface area (Å²) in [5.41, 5.74) is 6.49. The van der Waals surface area contributed by atoms with E-state index >= 15 is 0 Å². The van der Waals surface area contributed by atoms with Crippen molar-refractivity contribution in [2.24, 2.45) is 0 Å². The van der Waals surface area contributed by atoms with Crippen molar-refractivity contribution in [3.8, 4) is 11.3 Å². The van der Waals surface area contributed by atoms with Gasteiger partial charge in [0.25, 0.3) is 11.6 Å². The number of benzene rings is 1. The Morgan fingerprint density at radius 1 is 1.10 bits per heavy atom. The summed E-state index contributed by atoms with van der Waals surface area (Å²) in [6, 6.07) is 10.0. The highest BCUT2D eigenvalue weighted by Gasteiger charge is 2.28. The Morgan fingerprint density at radius 3 is 2.70 bits per heavy atom. The molecule has 0 bridgehead atoms. The molecule has 0 spiro atoms. The molecule has 4 heterocycles. The average Bonchev–Trinajstić information content (AvgIpc) is 3.27. The molecule has 0 N–H and O–H groups in total. The van der Waals surface area contributed by atoms with E-state index in [1.165, 1.54) is 11.1 Å². The van der Waals surface area contributed by atoms with E-state index in [1.54, 1.807) is 0 Å². The highest BCUT2D eigenvalue weighted by Crippen LogP contribution is 2.34. The van der Waals surface area contributed by atoms with E-state index in [9.17, 15) is 4.79 Å². The zero-order valence-electron chi connectivity index (χ0n) is 17.6. The van der Waals surface area contributed by atoms with Gasteiger partial charge in [-0.05, 0) is 64.3 Å². The van der Waals surface area contributed by atoms with Crippen molar-refractivity contribution in [3.63, 3.8) is 0 Å². The molecule has 5 rings (SSSR count). The molecule has 1 aromatic carbocycles. The zero-order chi connectivity index (χ0) is 21.0. The number of fused-ring (bicyclic) bond motifs is 2. The van der Waals surface area contributed by atoms with Crippen LogP contribution in [0.1, 0.15) is 45.1 Å². The molecule has 0 aliphatic carbocycles. The molecule has 3 aromatic heterocycles. The Labute approximate surface area is 174 Å². The summed E-state index contributed by atoms with van der Waals surface area (Å²) in [6.45, 7) is 8.39. The van der Waals surface area contributed by atoms with E-state index in [1.807, 2.05) is 43.9 Å². The van der Waals surface area contributed by atoms with E-state index < -0.39 is 0 Å². The van der Waals surface area contributed by atoms with E-state index in [0.29, 0.717) is 34.6 Å². The van der Waals surface area contributed by atoms with E-state index in [0.717, 1.165) is 35.6 Å². The normalized spacial score (nSPS) is 13.7. The first-order chi connectivity index (χ1) is 14.4. The van der Waals surface area contributed by atoms with E-state index in [-0.39, 0.29) is 5.91 Å².